The molecule has 0 amide bonds. The second-order valence-electron chi connectivity index (χ2n) is 19.4. The molecule has 0 aliphatic rings. The maximum Gasteiger partial charge on any atom is 0.573 e. The molecular formula is C62H58F3N3O15S3. The monoisotopic (exact) mass is 1240 g/mol. The van der Waals surface area contributed by atoms with Gasteiger partial charge in [0.1, 0.15) is 5.75 Å². The Morgan fingerprint density at radius 3 is 0.942 bits per heavy atom. The molecular weight excluding hydrogens is 1180 g/mol. The minimum Gasteiger partial charge on any atom is -0.478 e. The number of aryl methyl sites for hydroxylation is 6. The van der Waals surface area contributed by atoms with E-state index in [1.165, 1.54) is 36.4 Å². The average molecular weight is 1240 g/mol. The molecule has 8 rings (SSSR count). The van der Waals surface area contributed by atoms with Crippen molar-refractivity contribution >= 4 is 71.0 Å². The smallest absolute Gasteiger partial charge is 0.478 e. The van der Waals surface area contributed by atoms with Gasteiger partial charge in [-0.2, -0.15) is 0 Å². The van der Waals surface area contributed by atoms with Crippen LogP contribution in [0.15, 0.2) is 204 Å². The van der Waals surface area contributed by atoms with Crippen molar-refractivity contribution in [1.29, 1.82) is 0 Å². The summed E-state index contributed by atoms with van der Waals surface area (Å²) >= 11 is 0. The number of sulfonamides is 3. The number of carboxylic acids is 4. The van der Waals surface area contributed by atoms with Crippen LogP contribution in [0.1, 0.15) is 88.7 Å². The molecule has 0 saturated carbocycles. The third-order valence-electron chi connectivity index (χ3n) is 12.7. The third kappa shape index (κ3) is 20.7. The molecule has 86 heavy (non-hydrogen) atoms. The maximum atomic E-state index is 12.6. The Labute approximate surface area is 494 Å². The number of carboxylic acid groups (broad SMARTS) is 4. The van der Waals surface area contributed by atoms with Gasteiger partial charge in [0.25, 0.3) is 20.0 Å². The van der Waals surface area contributed by atoms with E-state index in [4.69, 9.17) is 20.4 Å². The fourth-order valence-electron chi connectivity index (χ4n) is 7.99. The topological polar surface area (TPSA) is 297 Å². The molecule has 0 heterocycles. The number of anilines is 3. The fourth-order valence-corrected chi connectivity index (χ4v) is 10.8. The van der Waals surface area contributed by atoms with Crippen LogP contribution in [-0.2, 0) is 68.6 Å². The van der Waals surface area contributed by atoms with E-state index in [-0.39, 0.29) is 32.0 Å². The lowest BCUT2D eigenvalue weighted by Crippen LogP contribution is -2.22. The first-order chi connectivity index (χ1) is 40.5. The molecule has 0 aliphatic carbocycles. The lowest BCUT2D eigenvalue weighted by atomic mass is 10.0. The summed E-state index contributed by atoms with van der Waals surface area (Å²) in [6.45, 7) is 3.26. The molecule has 8 aromatic rings. The lowest BCUT2D eigenvalue weighted by molar-refractivity contribution is -0.274. The van der Waals surface area contributed by atoms with E-state index >= 15 is 0 Å². The van der Waals surface area contributed by atoms with Gasteiger partial charge in [0.2, 0.25) is 10.0 Å². The summed E-state index contributed by atoms with van der Waals surface area (Å²) in [6.07, 6.45) is -0.842. The number of aromatic carboxylic acids is 4. The van der Waals surface area contributed by atoms with Gasteiger partial charge in [0, 0.05) is 17.1 Å². The normalized spacial score (nSPS) is 11.4. The van der Waals surface area contributed by atoms with E-state index in [1.807, 2.05) is 30.3 Å². The molecule has 24 heteroatoms. The van der Waals surface area contributed by atoms with Crippen LogP contribution in [0, 0.1) is 0 Å². The van der Waals surface area contributed by atoms with Gasteiger partial charge in [0.15, 0.2) is 0 Å². The number of benzene rings is 8. The molecule has 0 aliphatic heterocycles. The van der Waals surface area contributed by atoms with Gasteiger partial charge in [-0.3, -0.25) is 14.2 Å². The van der Waals surface area contributed by atoms with Gasteiger partial charge in [-0.1, -0.05) is 72.8 Å². The zero-order chi connectivity index (χ0) is 62.8. The highest BCUT2D eigenvalue weighted by atomic mass is 32.2. The van der Waals surface area contributed by atoms with Crippen molar-refractivity contribution in [3.63, 3.8) is 0 Å². The quantitative estimate of drug-likeness (QED) is 0.0313. The molecule has 8 aromatic carbocycles. The second kappa shape index (κ2) is 29.3. The van der Waals surface area contributed by atoms with Gasteiger partial charge < -0.3 is 25.2 Å². The Balaban J connectivity index is 0.000000209. The standard InChI is InChI=1S/C22H18F3NO5S.C22H19NO6S.C18H21NO4S/c23-22(24,25)31-19-10-12-20(13-11-19)32(29,30)26-18-3-1-2-16(14-18)5-4-15-6-8-17(9-7-15)21(27)28;24-21(25)17-8-6-15(7-9-17)4-5-16-2-1-3-19(14-16)23-30(28,29)20-12-10-18(11-13-20)22(26)27;1-13(2)24(22,23)19-17-5-3-4-15(12-17)7-6-14-8-10-16(11-9-14)18(20)21/h1-3,6-14,26H,4-5H2,(H,27,28);1-3,6-14,23H,4-5H2,(H,24,25)(H,26,27);3-5,8-13,19H,6-7H2,1-2H3,(H,20,21). The summed E-state index contributed by atoms with van der Waals surface area (Å²) in [5.41, 5.74) is 7.69. The van der Waals surface area contributed by atoms with Crippen LogP contribution in [0.4, 0.5) is 30.2 Å². The maximum absolute atomic E-state index is 12.6. The molecule has 7 N–H and O–H groups in total. The molecule has 0 bridgehead atoms. The number of carbonyl (C=O) groups is 4. The summed E-state index contributed by atoms with van der Waals surface area (Å²) in [7, 11) is -11.2. The lowest BCUT2D eigenvalue weighted by Gasteiger charge is -2.12. The minimum absolute atomic E-state index is 0.00679. The van der Waals surface area contributed by atoms with Crippen LogP contribution < -0.4 is 18.9 Å². The SMILES string of the molecule is CC(C)S(=O)(=O)Nc1cccc(CCc2ccc(C(=O)O)cc2)c1.O=C(O)c1ccc(CCc2cccc(NS(=O)(=O)c3ccc(C(=O)O)cc3)c2)cc1.O=C(O)c1ccc(CCc2cccc(NS(=O)(=O)c3ccc(OC(F)(F)F)cc3)c2)cc1. The Morgan fingerprint density at radius 1 is 0.395 bits per heavy atom. The van der Waals surface area contributed by atoms with Crippen molar-refractivity contribution in [3.8, 4) is 5.75 Å². The van der Waals surface area contributed by atoms with Crippen molar-refractivity contribution in [1.82, 2.24) is 0 Å². The van der Waals surface area contributed by atoms with E-state index in [0.717, 1.165) is 70.5 Å². The van der Waals surface area contributed by atoms with Gasteiger partial charge in [0.05, 0.1) is 37.3 Å². The van der Waals surface area contributed by atoms with Crippen LogP contribution in [0.5, 0.6) is 5.75 Å². The molecule has 450 valence electrons. The highest BCUT2D eigenvalue weighted by molar-refractivity contribution is 7.93. The summed E-state index contributed by atoms with van der Waals surface area (Å²) in [6, 6.07) is 49.8. The molecule has 0 spiro atoms. The third-order valence-corrected chi connectivity index (χ3v) is 17.2. The molecule has 0 radical (unpaired) electrons. The van der Waals surface area contributed by atoms with Gasteiger partial charge in [-0.05, 0) is 207 Å². The average Bonchev–Trinajstić information content (AvgIpc) is 3.59. The van der Waals surface area contributed by atoms with Crippen LogP contribution in [0.2, 0.25) is 0 Å². The molecule has 0 fully saturated rings. The Morgan fingerprint density at radius 2 is 0.663 bits per heavy atom. The first-order valence-corrected chi connectivity index (χ1v) is 30.6. The second-order valence-corrected chi connectivity index (χ2v) is 25.0. The van der Waals surface area contributed by atoms with E-state index in [1.54, 1.807) is 117 Å². The molecule has 0 saturated heterocycles. The summed E-state index contributed by atoms with van der Waals surface area (Å²) < 4.78 is 122. The highest BCUT2D eigenvalue weighted by Gasteiger charge is 2.31. The van der Waals surface area contributed by atoms with Crippen molar-refractivity contribution < 1.29 is 82.8 Å². The Hall–Kier alpha value is -9.52. The van der Waals surface area contributed by atoms with Crippen LogP contribution in [0.25, 0.3) is 0 Å². The van der Waals surface area contributed by atoms with Crippen molar-refractivity contribution in [2.24, 2.45) is 0 Å². The zero-order valence-electron chi connectivity index (χ0n) is 45.9. The Kier molecular flexibility index (Phi) is 22.4. The van der Waals surface area contributed by atoms with Gasteiger partial charge in [-0.15, -0.1) is 13.2 Å². The van der Waals surface area contributed by atoms with Crippen LogP contribution in [-0.4, -0.2) is 81.2 Å². The molecule has 0 unspecified atom stereocenters. The van der Waals surface area contributed by atoms with Gasteiger partial charge in [-0.25, -0.2) is 44.4 Å². The van der Waals surface area contributed by atoms with Crippen molar-refractivity contribution in [2.45, 2.75) is 73.8 Å². The minimum atomic E-state index is -4.86. The fraction of sp³-hybridized carbons (Fsp3) is 0.161. The van der Waals surface area contributed by atoms with E-state index in [9.17, 15) is 57.6 Å². The number of hydrogen-bond donors (Lipinski definition) is 7. The first-order valence-electron chi connectivity index (χ1n) is 26.0. The summed E-state index contributed by atoms with van der Waals surface area (Å²) in [5.74, 6) is -4.56. The van der Waals surface area contributed by atoms with Gasteiger partial charge >= 0.3 is 30.2 Å². The largest absolute Gasteiger partial charge is 0.573 e. The van der Waals surface area contributed by atoms with Crippen LogP contribution in [0.3, 0.4) is 0 Å². The number of nitrogens with one attached hydrogen (secondary N) is 3. The number of rotatable bonds is 23. The number of halogens is 3. The highest BCUT2D eigenvalue weighted by Crippen LogP contribution is 2.26. The number of ether oxygens (including phenoxy) is 1. The number of hydrogen-bond acceptors (Lipinski definition) is 11. The van der Waals surface area contributed by atoms with Crippen LogP contribution >= 0.6 is 0 Å². The summed E-state index contributed by atoms with van der Waals surface area (Å²) in [5, 5.41) is 35.2. The predicted molar refractivity (Wildman–Crippen MR) is 318 cm³/mol. The first kappa shape index (κ1) is 65.6. The molecule has 0 atom stereocenters. The van der Waals surface area contributed by atoms with E-state index < -0.39 is 71.3 Å². The Bertz CT molecular complexity index is 4000. The zero-order valence-corrected chi connectivity index (χ0v) is 48.4. The predicted octanol–water partition coefficient (Wildman–Crippen LogP) is 11.9. The van der Waals surface area contributed by atoms with Crippen molar-refractivity contribution in [2.75, 3.05) is 14.2 Å². The molecule has 18 nitrogen and oxygen atoms in total. The van der Waals surface area contributed by atoms with E-state index in [2.05, 4.69) is 18.9 Å². The number of alkyl halides is 3. The summed E-state index contributed by atoms with van der Waals surface area (Å²) in [4.78, 5) is 43.3. The molecule has 0 aromatic heterocycles. The van der Waals surface area contributed by atoms with E-state index in [0.29, 0.717) is 42.7 Å². The van der Waals surface area contributed by atoms with Crippen molar-refractivity contribution in [3.05, 3.63) is 250 Å².